The molecule has 1 aliphatic heterocycles. The zero-order valence-corrected chi connectivity index (χ0v) is 15.8. The van der Waals surface area contributed by atoms with Gasteiger partial charge in [0.15, 0.2) is 10.8 Å². The van der Waals surface area contributed by atoms with Gasteiger partial charge in [-0.1, -0.05) is 12.1 Å². The molecule has 0 aliphatic carbocycles. The lowest BCUT2D eigenvalue weighted by molar-refractivity contribution is 0.00578. The molecule has 0 amide bonds. The van der Waals surface area contributed by atoms with Crippen molar-refractivity contribution < 1.29 is 18.8 Å². The number of nitrogens with one attached hydrogen (secondary N) is 1. The molecule has 0 unspecified atom stereocenters. The van der Waals surface area contributed by atoms with Crippen LogP contribution in [-0.4, -0.2) is 36.4 Å². The van der Waals surface area contributed by atoms with E-state index in [0.29, 0.717) is 5.13 Å². The molecule has 3 rings (SSSR count). The van der Waals surface area contributed by atoms with Crippen molar-refractivity contribution in [2.75, 3.05) is 12.4 Å². The molecule has 1 saturated heterocycles. The van der Waals surface area contributed by atoms with Crippen LogP contribution in [0.5, 0.6) is 0 Å². The van der Waals surface area contributed by atoms with Gasteiger partial charge in [-0.2, -0.15) is 0 Å². The maximum Gasteiger partial charge on any atom is 0.494 e. The maximum atomic E-state index is 11.5. The predicted molar refractivity (Wildman–Crippen MR) is 98.9 cm³/mol. The molecule has 1 aliphatic rings. The Morgan fingerprint density at radius 2 is 1.92 bits per heavy atom. The summed E-state index contributed by atoms with van der Waals surface area (Å²) in [4.78, 5) is 15.7. The van der Waals surface area contributed by atoms with Crippen LogP contribution in [0.3, 0.4) is 0 Å². The molecule has 0 radical (unpaired) electrons. The van der Waals surface area contributed by atoms with Crippen LogP contribution in [-0.2, 0) is 14.0 Å². The van der Waals surface area contributed by atoms with E-state index in [1.807, 2.05) is 52.0 Å². The first kappa shape index (κ1) is 17.9. The molecular weight excluding hydrogens is 339 g/mol. The van der Waals surface area contributed by atoms with Crippen molar-refractivity contribution in [2.45, 2.75) is 38.9 Å². The summed E-state index contributed by atoms with van der Waals surface area (Å²) in [6.07, 6.45) is 0. The Morgan fingerprint density at radius 3 is 2.56 bits per heavy atom. The molecule has 1 fully saturated rings. The molecule has 2 heterocycles. The second kappa shape index (κ2) is 6.44. The van der Waals surface area contributed by atoms with E-state index in [9.17, 15) is 4.79 Å². The molecular formula is C17H21BN2O4S. The lowest BCUT2D eigenvalue weighted by atomic mass is 9.79. The first-order valence-electron chi connectivity index (χ1n) is 7.98. The van der Waals surface area contributed by atoms with Gasteiger partial charge in [-0.25, -0.2) is 9.78 Å². The quantitative estimate of drug-likeness (QED) is 0.668. The van der Waals surface area contributed by atoms with Crippen LogP contribution >= 0.6 is 11.3 Å². The largest absolute Gasteiger partial charge is 0.494 e. The summed E-state index contributed by atoms with van der Waals surface area (Å²) in [5.74, 6) is -0.449. The van der Waals surface area contributed by atoms with Gasteiger partial charge in [0.1, 0.15) is 0 Å². The van der Waals surface area contributed by atoms with E-state index in [-0.39, 0.29) is 16.9 Å². The minimum atomic E-state index is -0.449. The summed E-state index contributed by atoms with van der Waals surface area (Å²) < 4.78 is 16.8. The highest BCUT2D eigenvalue weighted by Crippen LogP contribution is 2.36. The Kier molecular flexibility index (Phi) is 4.61. The van der Waals surface area contributed by atoms with E-state index >= 15 is 0 Å². The van der Waals surface area contributed by atoms with Crippen molar-refractivity contribution in [3.05, 3.63) is 35.3 Å². The average molecular weight is 360 g/mol. The molecule has 0 saturated carbocycles. The molecule has 132 valence electrons. The van der Waals surface area contributed by atoms with Gasteiger partial charge in [-0.05, 0) is 45.3 Å². The van der Waals surface area contributed by atoms with Gasteiger partial charge < -0.3 is 19.4 Å². The van der Waals surface area contributed by atoms with Gasteiger partial charge in [-0.15, -0.1) is 11.3 Å². The zero-order valence-electron chi connectivity index (χ0n) is 15.0. The first-order chi connectivity index (χ1) is 11.7. The molecule has 0 atom stereocenters. The Balaban J connectivity index is 1.76. The van der Waals surface area contributed by atoms with Gasteiger partial charge in [0.25, 0.3) is 0 Å². The fourth-order valence-corrected chi connectivity index (χ4v) is 3.10. The number of esters is 1. The SMILES string of the molecule is COC(=O)c1csc(Nc2cccc(B3OC(C)(C)C(C)(C)O3)c2)n1. The summed E-state index contributed by atoms with van der Waals surface area (Å²) in [6.45, 7) is 8.11. The van der Waals surface area contributed by atoms with Crippen molar-refractivity contribution >= 4 is 40.7 Å². The molecule has 25 heavy (non-hydrogen) atoms. The molecule has 2 aromatic rings. The molecule has 1 N–H and O–H groups in total. The van der Waals surface area contributed by atoms with E-state index in [0.717, 1.165) is 11.2 Å². The molecule has 6 nitrogen and oxygen atoms in total. The number of methoxy groups -OCH3 is 1. The summed E-state index contributed by atoms with van der Waals surface area (Å²) in [5.41, 5.74) is 1.29. The number of nitrogens with zero attached hydrogens (tertiary/aromatic N) is 1. The number of ether oxygens (including phenoxy) is 1. The van der Waals surface area contributed by atoms with Crippen molar-refractivity contribution in [2.24, 2.45) is 0 Å². The highest BCUT2D eigenvalue weighted by atomic mass is 32.1. The summed E-state index contributed by atoms with van der Waals surface area (Å²) in [7, 11) is 0.914. The summed E-state index contributed by atoms with van der Waals surface area (Å²) in [6, 6.07) is 7.78. The Hall–Kier alpha value is -1.90. The highest BCUT2D eigenvalue weighted by molar-refractivity contribution is 7.14. The van der Waals surface area contributed by atoms with Crippen LogP contribution in [0.4, 0.5) is 10.8 Å². The topological polar surface area (TPSA) is 69.7 Å². The number of thiazole rings is 1. The smallest absolute Gasteiger partial charge is 0.464 e. The molecule has 8 heteroatoms. The third-order valence-corrected chi connectivity index (χ3v) is 5.32. The molecule has 1 aromatic heterocycles. The van der Waals surface area contributed by atoms with E-state index in [1.54, 1.807) is 5.38 Å². The number of hydrogen-bond donors (Lipinski definition) is 1. The van der Waals surface area contributed by atoms with Crippen LogP contribution in [0, 0.1) is 0 Å². The Labute approximate surface area is 151 Å². The van der Waals surface area contributed by atoms with Gasteiger partial charge in [0, 0.05) is 11.1 Å². The van der Waals surface area contributed by atoms with Crippen LogP contribution < -0.4 is 10.8 Å². The van der Waals surface area contributed by atoms with Gasteiger partial charge in [-0.3, -0.25) is 0 Å². The molecule has 1 aromatic carbocycles. The van der Waals surface area contributed by atoms with Crippen molar-refractivity contribution in [1.82, 2.24) is 4.98 Å². The predicted octanol–water partition coefficient (Wildman–Crippen LogP) is 2.97. The van der Waals surface area contributed by atoms with Crippen LogP contribution in [0.15, 0.2) is 29.6 Å². The second-order valence-electron chi connectivity index (χ2n) is 6.87. The fraction of sp³-hybridized carbons (Fsp3) is 0.412. The van der Waals surface area contributed by atoms with Crippen molar-refractivity contribution in [3.63, 3.8) is 0 Å². The summed E-state index contributed by atoms with van der Waals surface area (Å²) >= 11 is 1.34. The van der Waals surface area contributed by atoms with Gasteiger partial charge in [0.2, 0.25) is 0 Å². The fourth-order valence-electron chi connectivity index (χ4n) is 2.40. The Bertz CT molecular complexity index is 774. The minimum Gasteiger partial charge on any atom is -0.464 e. The summed E-state index contributed by atoms with van der Waals surface area (Å²) in [5, 5.41) is 5.47. The molecule has 0 bridgehead atoms. The van der Waals surface area contributed by atoms with Gasteiger partial charge in [0.05, 0.1) is 18.3 Å². The highest BCUT2D eigenvalue weighted by Gasteiger charge is 2.51. The number of benzene rings is 1. The van der Waals surface area contributed by atoms with E-state index in [1.165, 1.54) is 18.4 Å². The third kappa shape index (κ3) is 3.56. The number of anilines is 2. The first-order valence-corrected chi connectivity index (χ1v) is 8.86. The van der Waals surface area contributed by atoms with Crippen LogP contribution in [0.1, 0.15) is 38.2 Å². The second-order valence-corrected chi connectivity index (χ2v) is 7.73. The number of rotatable bonds is 4. The normalized spacial score (nSPS) is 18.2. The van der Waals surface area contributed by atoms with Crippen molar-refractivity contribution in [3.8, 4) is 0 Å². The van der Waals surface area contributed by atoms with E-state index in [2.05, 4.69) is 15.0 Å². The maximum absolute atomic E-state index is 11.5. The zero-order chi connectivity index (χ0) is 18.2. The number of carbonyl (C=O) groups is 1. The van der Waals surface area contributed by atoms with Crippen molar-refractivity contribution in [1.29, 1.82) is 0 Å². The minimum absolute atomic E-state index is 0.289. The van der Waals surface area contributed by atoms with E-state index < -0.39 is 13.1 Å². The lowest BCUT2D eigenvalue weighted by Crippen LogP contribution is -2.41. The monoisotopic (exact) mass is 360 g/mol. The average Bonchev–Trinajstić information content (AvgIpc) is 3.09. The Morgan fingerprint density at radius 1 is 1.24 bits per heavy atom. The molecule has 0 spiro atoms. The third-order valence-electron chi connectivity index (χ3n) is 4.56. The standard InChI is InChI=1S/C17H21BN2O4S/c1-16(2)17(3,4)24-18(23-16)11-7-6-8-12(9-11)19-15-20-13(10-25-15)14(21)22-5/h6-10H,1-5H3,(H,19,20). The van der Waals surface area contributed by atoms with E-state index in [4.69, 9.17) is 9.31 Å². The lowest BCUT2D eigenvalue weighted by Gasteiger charge is -2.32. The van der Waals surface area contributed by atoms with Crippen LogP contribution in [0.25, 0.3) is 0 Å². The van der Waals surface area contributed by atoms with Gasteiger partial charge >= 0.3 is 13.1 Å². The number of aromatic nitrogens is 1. The number of carbonyl (C=O) groups excluding carboxylic acids is 1. The van der Waals surface area contributed by atoms with Crippen LogP contribution in [0.2, 0.25) is 0 Å². The number of hydrogen-bond acceptors (Lipinski definition) is 7.